The minimum Gasteiger partial charge on any atom is -0.492 e. The molecule has 0 aliphatic heterocycles. The summed E-state index contributed by atoms with van der Waals surface area (Å²) in [6.45, 7) is 5.10. The number of likely N-dealkylation sites (N-methyl/N-ethyl adjacent to an activating group) is 1. The molecule has 0 N–H and O–H groups in total. The van der Waals surface area contributed by atoms with Crippen molar-refractivity contribution in [3.63, 3.8) is 0 Å². The average Bonchev–Trinajstić information content (AvgIpc) is 3.03. The molecule has 0 spiro atoms. The number of ether oxygens (including phenoxy) is 1. The monoisotopic (exact) mass is 412 g/mol. The van der Waals surface area contributed by atoms with Crippen LogP contribution in [0.15, 0.2) is 40.2 Å². The minimum absolute atomic E-state index is 0.0395. The SMILES string of the molecule is CC(C)n1cnnc1SCC(=O)N(C)CCOc1ccc(Br)cc1. The van der Waals surface area contributed by atoms with Gasteiger partial charge >= 0.3 is 0 Å². The van der Waals surface area contributed by atoms with Crippen molar-refractivity contribution in [2.75, 3.05) is 26.0 Å². The highest BCUT2D eigenvalue weighted by Crippen LogP contribution is 2.19. The quantitative estimate of drug-likeness (QED) is 0.622. The molecule has 1 heterocycles. The largest absolute Gasteiger partial charge is 0.492 e. The van der Waals surface area contributed by atoms with E-state index < -0.39 is 0 Å². The smallest absolute Gasteiger partial charge is 0.232 e. The summed E-state index contributed by atoms with van der Waals surface area (Å²) in [7, 11) is 1.78. The molecule has 0 aliphatic carbocycles. The van der Waals surface area contributed by atoms with Crippen LogP contribution in [0.5, 0.6) is 5.75 Å². The van der Waals surface area contributed by atoms with E-state index in [0.717, 1.165) is 15.4 Å². The Hall–Kier alpha value is -1.54. The number of halogens is 1. The van der Waals surface area contributed by atoms with Gasteiger partial charge in [-0.25, -0.2) is 0 Å². The van der Waals surface area contributed by atoms with Gasteiger partial charge in [-0.1, -0.05) is 27.7 Å². The van der Waals surface area contributed by atoms with E-state index >= 15 is 0 Å². The van der Waals surface area contributed by atoms with Gasteiger partial charge in [0.15, 0.2) is 5.16 Å². The van der Waals surface area contributed by atoms with Crippen LogP contribution < -0.4 is 4.74 Å². The molecule has 1 aromatic carbocycles. The molecule has 1 aromatic heterocycles. The van der Waals surface area contributed by atoms with Crippen LogP contribution in [0.4, 0.5) is 0 Å². The predicted molar refractivity (Wildman–Crippen MR) is 98.4 cm³/mol. The molecule has 24 heavy (non-hydrogen) atoms. The lowest BCUT2D eigenvalue weighted by molar-refractivity contribution is -0.127. The first-order chi connectivity index (χ1) is 11.5. The highest BCUT2D eigenvalue weighted by Gasteiger charge is 2.13. The number of benzene rings is 1. The number of carbonyl (C=O) groups is 1. The Bertz CT molecular complexity index is 660. The Balaban J connectivity index is 1.73. The van der Waals surface area contributed by atoms with Crippen LogP contribution >= 0.6 is 27.7 Å². The summed E-state index contributed by atoms with van der Waals surface area (Å²) in [6, 6.07) is 7.90. The number of aromatic nitrogens is 3. The van der Waals surface area contributed by atoms with Crippen molar-refractivity contribution in [2.24, 2.45) is 0 Å². The molecule has 0 aliphatic rings. The molecule has 8 heteroatoms. The topological polar surface area (TPSA) is 60.2 Å². The maximum absolute atomic E-state index is 12.2. The van der Waals surface area contributed by atoms with E-state index in [0.29, 0.717) is 18.9 Å². The van der Waals surface area contributed by atoms with E-state index in [-0.39, 0.29) is 11.9 Å². The number of rotatable bonds is 8. The lowest BCUT2D eigenvalue weighted by atomic mass is 10.3. The highest BCUT2D eigenvalue weighted by atomic mass is 79.9. The minimum atomic E-state index is 0.0395. The van der Waals surface area contributed by atoms with Gasteiger partial charge < -0.3 is 14.2 Å². The molecule has 0 saturated heterocycles. The molecule has 130 valence electrons. The lowest BCUT2D eigenvalue weighted by Crippen LogP contribution is -2.32. The van der Waals surface area contributed by atoms with Crippen LogP contribution in [-0.2, 0) is 4.79 Å². The molecule has 0 fully saturated rings. The standard InChI is InChI=1S/C16H21BrN4O2S/c1-12(2)21-11-18-19-16(21)24-10-15(22)20(3)8-9-23-14-6-4-13(17)5-7-14/h4-7,11-12H,8-10H2,1-3H3. The molecule has 0 radical (unpaired) electrons. The number of thioether (sulfide) groups is 1. The maximum atomic E-state index is 12.2. The van der Waals surface area contributed by atoms with E-state index in [2.05, 4.69) is 40.0 Å². The summed E-state index contributed by atoms with van der Waals surface area (Å²) >= 11 is 4.78. The van der Waals surface area contributed by atoms with Gasteiger partial charge in [0.2, 0.25) is 5.91 Å². The van der Waals surface area contributed by atoms with Crippen molar-refractivity contribution in [2.45, 2.75) is 25.0 Å². The van der Waals surface area contributed by atoms with E-state index in [1.54, 1.807) is 18.3 Å². The number of nitrogens with zero attached hydrogens (tertiary/aromatic N) is 4. The second kappa shape index (κ2) is 9.08. The predicted octanol–water partition coefficient (Wildman–Crippen LogP) is 3.25. The fourth-order valence-corrected chi connectivity index (χ4v) is 3.13. The average molecular weight is 413 g/mol. The Morgan fingerprint density at radius 3 is 2.75 bits per heavy atom. The summed E-state index contributed by atoms with van der Waals surface area (Å²) < 4.78 is 8.60. The summed E-state index contributed by atoms with van der Waals surface area (Å²) in [5, 5.41) is 8.72. The molecule has 2 rings (SSSR count). The van der Waals surface area contributed by atoms with Gasteiger partial charge in [-0.3, -0.25) is 4.79 Å². The van der Waals surface area contributed by atoms with Gasteiger partial charge in [-0.05, 0) is 38.1 Å². The summed E-state index contributed by atoms with van der Waals surface area (Å²) in [5.74, 6) is 1.16. The van der Waals surface area contributed by atoms with Gasteiger partial charge in [-0.15, -0.1) is 10.2 Å². The number of hydrogen-bond donors (Lipinski definition) is 0. The van der Waals surface area contributed by atoms with Crippen molar-refractivity contribution in [3.05, 3.63) is 35.1 Å². The maximum Gasteiger partial charge on any atom is 0.232 e. The zero-order valence-electron chi connectivity index (χ0n) is 14.0. The second-order valence-corrected chi connectivity index (χ2v) is 7.38. The third-order valence-electron chi connectivity index (χ3n) is 3.36. The van der Waals surface area contributed by atoms with Gasteiger partial charge in [0.1, 0.15) is 18.7 Å². The molecule has 6 nitrogen and oxygen atoms in total. The van der Waals surface area contributed by atoms with Crippen LogP contribution in [-0.4, -0.2) is 51.5 Å². The van der Waals surface area contributed by atoms with E-state index in [9.17, 15) is 4.79 Å². The van der Waals surface area contributed by atoms with E-state index in [1.807, 2.05) is 28.8 Å². The van der Waals surface area contributed by atoms with Crippen molar-refractivity contribution < 1.29 is 9.53 Å². The van der Waals surface area contributed by atoms with Crippen LogP contribution in [0.3, 0.4) is 0 Å². The number of carbonyl (C=O) groups excluding carboxylic acids is 1. The third-order valence-corrected chi connectivity index (χ3v) is 4.83. The van der Waals surface area contributed by atoms with Crippen LogP contribution in [0, 0.1) is 0 Å². The molecule has 0 bridgehead atoms. The molecule has 0 unspecified atom stereocenters. The van der Waals surface area contributed by atoms with Gasteiger partial charge in [0.05, 0.1) is 12.3 Å². The zero-order valence-corrected chi connectivity index (χ0v) is 16.4. The van der Waals surface area contributed by atoms with Crippen LogP contribution in [0.25, 0.3) is 0 Å². The van der Waals surface area contributed by atoms with Crippen molar-refractivity contribution in [1.29, 1.82) is 0 Å². The van der Waals surface area contributed by atoms with Crippen LogP contribution in [0.1, 0.15) is 19.9 Å². The first kappa shape index (κ1) is 18.8. The highest BCUT2D eigenvalue weighted by molar-refractivity contribution is 9.10. The first-order valence-corrected chi connectivity index (χ1v) is 9.40. The molecular weight excluding hydrogens is 392 g/mol. The van der Waals surface area contributed by atoms with E-state index in [4.69, 9.17) is 4.74 Å². The zero-order chi connectivity index (χ0) is 17.5. The summed E-state index contributed by atoms with van der Waals surface area (Å²) in [5.41, 5.74) is 0. The Kier molecular flexibility index (Phi) is 7.11. The lowest BCUT2D eigenvalue weighted by Gasteiger charge is -2.17. The number of hydrogen-bond acceptors (Lipinski definition) is 5. The third kappa shape index (κ3) is 5.52. The van der Waals surface area contributed by atoms with Gasteiger partial charge in [-0.2, -0.15) is 0 Å². The van der Waals surface area contributed by atoms with Crippen molar-refractivity contribution in [1.82, 2.24) is 19.7 Å². The Labute approximate surface area is 154 Å². The fourth-order valence-electron chi connectivity index (χ4n) is 1.88. The van der Waals surface area contributed by atoms with Gasteiger partial charge in [0.25, 0.3) is 0 Å². The fraction of sp³-hybridized carbons (Fsp3) is 0.438. The van der Waals surface area contributed by atoms with E-state index in [1.165, 1.54) is 11.8 Å². The molecular formula is C16H21BrN4O2S. The molecule has 2 aromatic rings. The normalized spacial score (nSPS) is 10.9. The Morgan fingerprint density at radius 2 is 2.08 bits per heavy atom. The Morgan fingerprint density at radius 1 is 1.38 bits per heavy atom. The summed E-state index contributed by atoms with van der Waals surface area (Å²) in [6.07, 6.45) is 1.69. The first-order valence-electron chi connectivity index (χ1n) is 7.62. The summed E-state index contributed by atoms with van der Waals surface area (Å²) in [4.78, 5) is 13.9. The second-order valence-electron chi connectivity index (χ2n) is 5.52. The molecule has 0 saturated carbocycles. The van der Waals surface area contributed by atoms with Gasteiger partial charge in [0, 0.05) is 17.6 Å². The van der Waals surface area contributed by atoms with Crippen molar-refractivity contribution in [3.8, 4) is 5.75 Å². The number of amides is 1. The molecule has 1 amide bonds. The van der Waals surface area contributed by atoms with Crippen LogP contribution in [0.2, 0.25) is 0 Å². The van der Waals surface area contributed by atoms with Crippen molar-refractivity contribution >= 4 is 33.6 Å². The molecule has 0 atom stereocenters.